The normalized spacial score (nSPS) is 15.2. The largest absolute Gasteiger partial charge is 0.353 e. The zero-order valence-corrected chi connectivity index (χ0v) is 28.3. The van der Waals surface area contributed by atoms with E-state index in [1.54, 1.807) is 11.3 Å². The van der Waals surface area contributed by atoms with E-state index in [1.165, 1.54) is 10.4 Å². The van der Waals surface area contributed by atoms with E-state index in [4.69, 9.17) is 4.98 Å². The number of fused-ring (bicyclic) bond motifs is 1. The maximum Gasteiger partial charge on any atom is 0.223 e. The summed E-state index contributed by atoms with van der Waals surface area (Å²) in [7, 11) is 0. The topological polar surface area (TPSA) is 67.2 Å². The quantitative estimate of drug-likeness (QED) is 0.135. The van der Waals surface area contributed by atoms with Crippen LogP contribution >= 0.6 is 11.3 Å². The molecule has 3 heterocycles. The number of thiophene rings is 1. The van der Waals surface area contributed by atoms with Crippen LogP contribution in [0.15, 0.2) is 66.0 Å². The molecule has 2 aromatic carbocycles. The van der Waals surface area contributed by atoms with Gasteiger partial charge >= 0.3 is 0 Å². The lowest BCUT2D eigenvalue weighted by atomic mass is 9.89. The highest BCUT2D eigenvalue weighted by Crippen LogP contribution is 2.29. The lowest BCUT2D eigenvalue weighted by Gasteiger charge is -2.33. The van der Waals surface area contributed by atoms with E-state index in [0.29, 0.717) is 23.9 Å². The first kappa shape index (κ1) is 33.1. The van der Waals surface area contributed by atoms with Crippen LogP contribution in [0.2, 0.25) is 0 Å². The molecule has 0 radical (unpaired) electrons. The summed E-state index contributed by atoms with van der Waals surface area (Å²) in [5, 5.41) is 5.44. The van der Waals surface area contributed by atoms with Crippen molar-refractivity contribution in [2.45, 2.75) is 91.1 Å². The smallest absolute Gasteiger partial charge is 0.223 e. The Morgan fingerprint density at radius 2 is 1.76 bits per heavy atom. The number of benzene rings is 2. The molecule has 6 nitrogen and oxygen atoms in total. The van der Waals surface area contributed by atoms with Gasteiger partial charge in [0.15, 0.2) is 5.78 Å². The van der Waals surface area contributed by atoms with Gasteiger partial charge in [-0.1, -0.05) is 64.1 Å². The predicted octanol–water partition coefficient (Wildman–Crippen LogP) is 8.11. The van der Waals surface area contributed by atoms with Gasteiger partial charge in [0.1, 0.15) is 5.82 Å². The molecular formula is C38H50N4O2S. The number of nitrogens with one attached hydrogen (secondary N) is 1. The summed E-state index contributed by atoms with van der Waals surface area (Å²) in [6.07, 6.45) is 6.71. The van der Waals surface area contributed by atoms with Crippen LogP contribution in [0.5, 0.6) is 0 Å². The summed E-state index contributed by atoms with van der Waals surface area (Å²) < 4.78 is 2.38. The minimum atomic E-state index is -0.333. The molecule has 2 aromatic heterocycles. The number of hydrogen-bond donors (Lipinski definition) is 1. The molecule has 1 amide bonds. The summed E-state index contributed by atoms with van der Waals surface area (Å²) in [5.41, 5.74) is 3.96. The number of hydrogen-bond acceptors (Lipinski definition) is 5. The molecule has 0 bridgehead atoms. The Balaban J connectivity index is 1.23. The summed E-state index contributed by atoms with van der Waals surface area (Å²) in [6.45, 7) is 11.7. The van der Waals surface area contributed by atoms with E-state index in [2.05, 4.69) is 96.4 Å². The van der Waals surface area contributed by atoms with Gasteiger partial charge in [0, 0.05) is 60.9 Å². The second kappa shape index (κ2) is 15.8. The third-order valence-electron chi connectivity index (χ3n) is 9.36. The zero-order valence-electron chi connectivity index (χ0n) is 27.5. The molecule has 45 heavy (non-hydrogen) atoms. The third kappa shape index (κ3) is 8.71. The zero-order chi connectivity index (χ0) is 31.8. The SMILES string of the molecule is CCC(CC)n1c(Cc2cccs2)nc2cc(C(=O)C[C@@H](CC(C)C)C(=O)NC3CCN(CCc4ccccc4)CC3)ccc21. The summed E-state index contributed by atoms with van der Waals surface area (Å²) in [5.74, 6) is 1.09. The van der Waals surface area contributed by atoms with Gasteiger partial charge in [0.25, 0.3) is 0 Å². The molecule has 0 spiro atoms. The second-order valence-corrected chi connectivity index (χ2v) is 14.2. The first-order chi connectivity index (χ1) is 21.8. The van der Waals surface area contributed by atoms with Crippen molar-refractivity contribution >= 4 is 34.1 Å². The third-order valence-corrected chi connectivity index (χ3v) is 10.2. The van der Waals surface area contributed by atoms with E-state index in [-0.39, 0.29) is 30.1 Å². The Bertz CT molecular complexity index is 1520. The number of Topliss-reactive ketones (excluding diaryl/α,β-unsaturated/α-hetero) is 1. The second-order valence-electron chi connectivity index (χ2n) is 13.1. The van der Waals surface area contributed by atoms with Crippen molar-refractivity contribution in [1.29, 1.82) is 0 Å². The number of aromatic nitrogens is 2. The van der Waals surface area contributed by atoms with Crippen LogP contribution in [0, 0.1) is 11.8 Å². The van der Waals surface area contributed by atoms with E-state index in [0.717, 1.165) is 75.0 Å². The minimum absolute atomic E-state index is 0.0188. The number of carbonyl (C=O) groups is 2. The Kier molecular flexibility index (Phi) is 11.6. The van der Waals surface area contributed by atoms with Crippen molar-refractivity contribution in [2.75, 3.05) is 19.6 Å². The van der Waals surface area contributed by atoms with Gasteiger partial charge in [-0.25, -0.2) is 4.98 Å². The standard InChI is InChI=1S/C38H50N4O2S/c1-5-32(6-2)42-35-15-14-29(24-34(35)40-37(42)26-33-13-10-22-45-33)36(43)25-30(23-27(3)4)38(44)39-31-17-20-41(21-18-31)19-16-28-11-8-7-9-12-28/h7-15,22,24,27,30-32H,5-6,16-21,23,25-26H2,1-4H3,(H,39,44)/t30-/m1/s1. The van der Waals surface area contributed by atoms with Crippen molar-refractivity contribution in [3.8, 4) is 0 Å². The Labute approximate surface area is 273 Å². The fourth-order valence-electron chi connectivity index (χ4n) is 6.82. The van der Waals surface area contributed by atoms with Crippen molar-refractivity contribution < 1.29 is 9.59 Å². The Morgan fingerprint density at radius 3 is 2.42 bits per heavy atom. The molecule has 1 saturated heterocycles. The van der Waals surface area contributed by atoms with Crippen LogP contribution < -0.4 is 5.32 Å². The first-order valence-corrected chi connectivity index (χ1v) is 17.9. The van der Waals surface area contributed by atoms with E-state index in [9.17, 15) is 9.59 Å². The number of amides is 1. The maximum absolute atomic E-state index is 13.7. The molecule has 0 unspecified atom stereocenters. The average molecular weight is 627 g/mol. The van der Waals surface area contributed by atoms with Gasteiger partial charge in [-0.2, -0.15) is 0 Å². The molecule has 240 valence electrons. The lowest BCUT2D eigenvalue weighted by molar-refractivity contribution is -0.126. The number of ketones is 1. The van der Waals surface area contributed by atoms with E-state index >= 15 is 0 Å². The predicted molar refractivity (Wildman–Crippen MR) is 186 cm³/mol. The first-order valence-electron chi connectivity index (χ1n) is 17.0. The highest BCUT2D eigenvalue weighted by atomic mass is 32.1. The fourth-order valence-corrected chi connectivity index (χ4v) is 7.52. The number of rotatable bonds is 15. The highest BCUT2D eigenvalue weighted by molar-refractivity contribution is 7.09. The molecule has 1 fully saturated rings. The van der Waals surface area contributed by atoms with Gasteiger partial charge in [-0.15, -0.1) is 11.3 Å². The van der Waals surface area contributed by atoms with Crippen molar-refractivity contribution in [3.05, 3.63) is 87.9 Å². The molecule has 1 aliphatic heterocycles. The number of likely N-dealkylation sites (tertiary alicyclic amines) is 1. The van der Waals surface area contributed by atoms with Gasteiger partial charge in [0.2, 0.25) is 5.91 Å². The molecule has 1 atom stereocenters. The molecule has 1 N–H and O–H groups in total. The number of imidazole rings is 1. The minimum Gasteiger partial charge on any atom is -0.353 e. The number of nitrogens with zero attached hydrogens (tertiary/aromatic N) is 3. The van der Waals surface area contributed by atoms with Gasteiger partial charge in [-0.05, 0) is 79.7 Å². The molecular weight excluding hydrogens is 577 g/mol. The molecule has 0 aliphatic carbocycles. The van der Waals surface area contributed by atoms with Crippen LogP contribution in [-0.4, -0.2) is 51.8 Å². The Hall–Kier alpha value is -3.29. The van der Waals surface area contributed by atoms with Crippen LogP contribution in [0.25, 0.3) is 11.0 Å². The van der Waals surface area contributed by atoms with Crippen LogP contribution in [0.4, 0.5) is 0 Å². The van der Waals surface area contributed by atoms with Crippen molar-refractivity contribution in [3.63, 3.8) is 0 Å². The molecule has 1 aliphatic rings. The maximum atomic E-state index is 13.7. The fraction of sp³-hybridized carbons (Fsp3) is 0.500. The van der Waals surface area contributed by atoms with Gasteiger partial charge in [-0.3, -0.25) is 9.59 Å². The Morgan fingerprint density at radius 1 is 1.00 bits per heavy atom. The molecule has 4 aromatic rings. The monoisotopic (exact) mass is 626 g/mol. The van der Waals surface area contributed by atoms with Crippen molar-refractivity contribution in [2.24, 2.45) is 11.8 Å². The summed E-state index contributed by atoms with van der Waals surface area (Å²) >= 11 is 1.75. The lowest BCUT2D eigenvalue weighted by Crippen LogP contribution is -2.47. The average Bonchev–Trinajstić information content (AvgIpc) is 3.69. The summed E-state index contributed by atoms with van der Waals surface area (Å²) in [4.78, 5) is 36.1. The van der Waals surface area contributed by atoms with E-state index < -0.39 is 0 Å². The van der Waals surface area contributed by atoms with Gasteiger partial charge < -0.3 is 14.8 Å². The molecule has 0 saturated carbocycles. The van der Waals surface area contributed by atoms with Crippen LogP contribution in [-0.2, 0) is 17.6 Å². The molecule has 7 heteroatoms. The highest BCUT2D eigenvalue weighted by Gasteiger charge is 2.28. The van der Waals surface area contributed by atoms with Crippen molar-refractivity contribution in [1.82, 2.24) is 19.8 Å². The molecule has 5 rings (SSSR count). The van der Waals surface area contributed by atoms with Crippen LogP contribution in [0.1, 0.15) is 98.9 Å². The van der Waals surface area contributed by atoms with E-state index in [1.807, 2.05) is 12.1 Å². The number of carbonyl (C=O) groups excluding carboxylic acids is 2. The van der Waals surface area contributed by atoms with Crippen LogP contribution in [0.3, 0.4) is 0 Å². The summed E-state index contributed by atoms with van der Waals surface area (Å²) in [6, 6.07) is 21.4. The number of piperidine rings is 1. The van der Waals surface area contributed by atoms with Gasteiger partial charge in [0.05, 0.1) is 11.0 Å².